The largest absolute Gasteiger partial charge is 0.497 e. The normalized spacial score (nSPS) is 20.7. The molecule has 0 spiro atoms. The van der Waals surface area contributed by atoms with E-state index in [1.165, 1.54) is 11.1 Å². The van der Waals surface area contributed by atoms with Crippen LogP contribution in [0.2, 0.25) is 0 Å². The minimum absolute atomic E-state index is 0.617. The van der Waals surface area contributed by atoms with E-state index < -0.39 is 5.60 Å². The third kappa shape index (κ3) is 2.49. The third-order valence-corrected chi connectivity index (χ3v) is 4.35. The van der Waals surface area contributed by atoms with Gasteiger partial charge in [-0.2, -0.15) is 0 Å². The molecule has 3 heteroatoms. The first-order valence-corrected chi connectivity index (χ1v) is 7.18. The van der Waals surface area contributed by atoms with Crippen molar-refractivity contribution in [3.05, 3.63) is 59.2 Å². The molecule has 0 fully saturated rings. The molecule has 3 rings (SSSR count). The van der Waals surface area contributed by atoms with Gasteiger partial charge in [0.2, 0.25) is 0 Å². The summed E-state index contributed by atoms with van der Waals surface area (Å²) < 4.78 is 10.6. The Morgan fingerprint density at radius 2 is 1.76 bits per heavy atom. The summed E-state index contributed by atoms with van der Waals surface area (Å²) in [5.41, 5.74) is 2.51. The van der Waals surface area contributed by atoms with Gasteiger partial charge in [0.05, 0.1) is 19.8 Å². The van der Waals surface area contributed by atoms with Gasteiger partial charge in [-0.3, -0.25) is 0 Å². The maximum Gasteiger partial charge on any atom is 0.122 e. The number of fused-ring (bicyclic) bond motifs is 1. The van der Waals surface area contributed by atoms with Crippen LogP contribution < -0.4 is 9.47 Å². The molecule has 0 bridgehead atoms. The molecular formula is C18H20O3. The van der Waals surface area contributed by atoms with Crippen molar-refractivity contribution in [2.45, 2.75) is 24.9 Å². The Hall–Kier alpha value is -2.00. The fraction of sp³-hybridized carbons (Fsp3) is 0.333. The fourth-order valence-corrected chi connectivity index (χ4v) is 3.13. The van der Waals surface area contributed by atoms with E-state index in [-0.39, 0.29) is 0 Å². The molecule has 2 aromatic rings. The van der Waals surface area contributed by atoms with E-state index in [1.54, 1.807) is 14.2 Å². The van der Waals surface area contributed by atoms with Crippen LogP contribution in [0.25, 0.3) is 0 Å². The monoisotopic (exact) mass is 284 g/mol. The van der Waals surface area contributed by atoms with Crippen LogP contribution in [0.1, 0.15) is 23.1 Å². The van der Waals surface area contributed by atoms with Gasteiger partial charge in [0.1, 0.15) is 11.5 Å². The summed E-state index contributed by atoms with van der Waals surface area (Å²) in [6.45, 7) is 0. The van der Waals surface area contributed by atoms with Gasteiger partial charge in [-0.15, -0.1) is 0 Å². The van der Waals surface area contributed by atoms with E-state index >= 15 is 0 Å². The van der Waals surface area contributed by atoms with Crippen LogP contribution >= 0.6 is 0 Å². The number of hydrogen-bond acceptors (Lipinski definition) is 3. The smallest absolute Gasteiger partial charge is 0.122 e. The summed E-state index contributed by atoms with van der Waals surface area (Å²) in [5.74, 6) is 1.73. The Morgan fingerprint density at radius 1 is 1.00 bits per heavy atom. The predicted octanol–water partition coefficient (Wildman–Crippen LogP) is 3.08. The molecule has 2 aromatic carbocycles. The van der Waals surface area contributed by atoms with Gasteiger partial charge >= 0.3 is 0 Å². The first kappa shape index (κ1) is 14.0. The topological polar surface area (TPSA) is 38.7 Å². The Bertz CT molecular complexity index is 633. The molecule has 0 aromatic heterocycles. The molecule has 3 nitrogen and oxygen atoms in total. The van der Waals surface area contributed by atoms with Crippen LogP contribution in [-0.4, -0.2) is 19.3 Å². The highest BCUT2D eigenvalue weighted by molar-refractivity contribution is 5.44. The van der Waals surface area contributed by atoms with Crippen molar-refractivity contribution in [3.8, 4) is 11.5 Å². The quantitative estimate of drug-likeness (QED) is 0.941. The highest BCUT2D eigenvalue weighted by Crippen LogP contribution is 2.39. The maximum atomic E-state index is 11.0. The first-order chi connectivity index (χ1) is 10.2. The zero-order chi connectivity index (χ0) is 14.9. The molecule has 0 amide bonds. The van der Waals surface area contributed by atoms with Gasteiger partial charge in [0.15, 0.2) is 0 Å². The molecule has 0 aliphatic heterocycles. The van der Waals surface area contributed by atoms with Crippen molar-refractivity contribution >= 4 is 0 Å². The Labute approximate surface area is 125 Å². The Balaban J connectivity index is 1.93. The summed E-state index contributed by atoms with van der Waals surface area (Å²) >= 11 is 0. The Morgan fingerprint density at radius 3 is 2.43 bits per heavy atom. The van der Waals surface area contributed by atoms with Crippen molar-refractivity contribution < 1.29 is 14.6 Å². The molecule has 0 saturated carbocycles. The second kappa shape index (κ2) is 5.41. The van der Waals surface area contributed by atoms with Crippen LogP contribution in [0.15, 0.2) is 42.5 Å². The second-order valence-corrected chi connectivity index (χ2v) is 5.53. The van der Waals surface area contributed by atoms with Gasteiger partial charge < -0.3 is 14.6 Å². The number of ether oxygens (including phenoxy) is 2. The SMILES string of the molecule is COc1ccc([C@]2(O)CCc3c(cccc3OC)C2)cc1. The lowest BCUT2D eigenvalue weighted by atomic mass is 9.76. The lowest BCUT2D eigenvalue weighted by molar-refractivity contribution is 0.0219. The van der Waals surface area contributed by atoms with E-state index in [0.717, 1.165) is 23.5 Å². The lowest BCUT2D eigenvalue weighted by Gasteiger charge is -2.34. The van der Waals surface area contributed by atoms with Crippen molar-refractivity contribution in [1.82, 2.24) is 0 Å². The summed E-state index contributed by atoms with van der Waals surface area (Å²) in [4.78, 5) is 0. The zero-order valence-corrected chi connectivity index (χ0v) is 12.4. The average Bonchev–Trinajstić information content (AvgIpc) is 2.54. The molecule has 0 heterocycles. The zero-order valence-electron chi connectivity index (χ0n) is 12.4. The van der Waals surface area contributed by atoms with Gasteiger partial charge in [0.25, 0.3) is 0 Å². The molecule has 1 N–H and O–H groups in total. The minimum atomic E-state index is -0.814. The van der Waals surface area contributed by atoms with Gasteiger partial charge in [-0.25, -0.2) is 0 Å². The number of benzene rings is 2. The number of rotatable bonds is 3. The third-order valence-electron chi connectivity index (χ3n) is 4.35. The summed E-state index contributed by atoms with van der Waals surface area (Å²) in [5, 5.41) is 11.0. The predicted molar refractivity (Wildman–Crippen MR) is 81.9 cm³/mol. The van der Waals surface area contributed by atoms with Gasteiger partial charge in [-0.05, 0) is 47.7 Å². The van der Waals surface area contributed by atoms with E-state index in [9.17, 15) is 5.11 Å². The highest BCUT2D eigenvalue weighted by atomic mass is 16.5. The first-order valence-electron chi connectivity index (χ1n) is 7.18. The van der Waals surface area contributed by atoms with Crippen LogP contribution in [0.3, 0.4) is 0 Å². The minimum Gasteiger partial charge on any atom is -0.497 e. The number of aliphatic hydroxyl groups is 1. The van der Waals surface area contributed by atoms with E-state index in [2.05, 4.69) is 6.07 Å². The fourth-order valence-electron chi connectivity index (χ4n) is 3.13. The van der Waals surface area contributed by atoms with Crippen molar-refractivity contribution in [1.29, 1.82) is 0 Å². The van der Waals surface area contributed by atoms with Crippen LogP contribution in [-0.2, 0) is 18.4 Å². The van der Waals surface area contributed by atoms with Crippen molar-refractivity contribution in [3.63, 3.8) is 0 Å². The van der Waals surface area contributed by atoms with Crippen molar-refractivity contribution in [2.24, 2.45) is 0 Å². The van der Waals surface area contributed by atoms with Crippen molar-refractivity contribution in [2.75, 3.05) is 14.2 Å². The standard InChI is InChI=1S/C18H20O3/c1-20-15-8-6-14(7-9-15)18(19)11-10-16-13(12-18)4-3-5-17(16)21-2/h3-9,19H,10-12H2,1-2H3/t18-/m0/s1. The highest BCUT2D eigenvalue weighted by Gasteiger charge is 2.34. The molecule has 21 heavy (non-hydrogen) atoms. The van der Waals surface area contributed by atoms with Gasteiger partial charge in [-0.1, -0.05) is 24.3 Å². The molecule has 0 radical (unpaired) electrons. The Kier molecular flexibility index (Phi) is 3.60. The number of hydrogen-bond donors (Lipinski definition) is 1. The summed E-state index contributed by atoms with van der Waals surface area (Å²) in [7, 11) is 3.34. The molecule has 1 atom stereocenters. The van der Waals surface area contributed by atoms with E-state index in [0.29, 0.717) is 12.8 Å². The average molecular weight is 284 g/mol. The van der Waals surface area contributed by atoms with E-state index in [1.807, 2.05) is 36.4 Å². The van der Waals surface area contributed by atoms with E-state index in [4.69, 9.17) is 9.47 Å². The molecule has 1 aliphatic carbocycles. The lowest BCUT2D eigenvalue weighted by Crippen LogP contribution is -2.33. The second-order valence-electron chi connectivity index (χ2n) is 5.53. The van der Waals surface area contributed by atoms with Crippen LogP contribution in [0.5, 0.6) is 11.5 Å². The summed E-state index contributed by atoms with van der Waals surface area (Å²) in [6, 6.07) is 13.7. The van der Waals surface area contributed by atoms with Crippen LogP contribution in [0.4, 0.5) is 0 Å². The molecule has 0 unspecified atom stereocenters. The molecule has 1 aliphatic rings. The number of methoxy groups -OCH3 is 2. The maximum absolute atomic E-state index is 11.0. The van der Waals surface area contributed by atoms with Gasteiger partial charge in [0, 0.05) is 6.42 Å². The summed E-state index contributed by atoms with van der Waals surface area (Å²) in [6.07, 6.45) is 2.14. The molecule has 0 saturated heterocycles. The molecular weight excluding hydrogens is 264 g/mol. The molecule has 110 valence electrons. The van der Waals surface area contributed by atoms with Crippen LogP contribution in [0, 0.1) is 0 Å².